The highest BCUT2D eigenvalue weighted by Gasteiger charge is 2.23. The van der Waals surface area contributed by atoms with E-state index in [9.17, 15) is 8.42 Å². The number of sulfonamides is 1. The van der Waals surface area contributed by atoms with Crippen LogP contribution >= 0.6 is 0 Å². The smallest absolute Gasteiger partial charge is 0.229 e. The molecule has 0 unspecified atom stereocenters. The van der Waals surface area contributed by atoms with Crippen molar-refractivity contribution >= 4 is 32.8 Å². The molecule has 0 saturated carbocycles. The van der Waals surface area contributed by atoms with Crippen molar-refractivity contribution in [2.75, 3.05) is 68.8 Å². The lowest BCUT2D eigenvalue weighted by Crippen LogP contribution is -2.49. The highest BCUT2D eigenvalue weighted by Crippen LogP contribution is 2.26. The molecule has 9 nitrogen and oxygen atoms in total. The number of hydrogen-bond donors (Lipinski definition) is 2. The summed E-state index contributed by atoms with van der Waals surface area (Å²) in [5.41, 5.74) is 1.95. The normalized spacial score (nSPS) is 19.6. The molecule has 4 rings (SSSR count). The van der Waals surface area contributed by atoms with Gasteiger partial charge in [0, 0.05) is 58.1 Å². The monoisotopic (exact) mass is 407 g/mol. The fourth-order valence-electron chi connectivity index (χ4n) is 3.94. The van der Waals surface area contributed by atoms with E-state index in [1.165, 1.54) is 19.1 Å². The molecule has 0 aliphatic carbocycles. The van der Waals surface area contributed by atoms with Gasteiger partial charge in [0.25, 0.3) is 0 Å². The lowest BCUT2D eigenvalue weighted by molar-refractivity contribution is 0.195. The second-order valence-electron chi connectivity index (χ2n) is 7.71. The first kappa shape index (κ1) is 19.4. The van der Waals surface area contributed by atoms with Crippen LogP contribution in [-0.2, 0) is 10.0 Å². The number of aromatic nitrogens is 3. The number of nitrogens with zero attached hydrogens (tertiary/aromatic N) is 5. The Bertz CT molecular complexity index is 929. The maximum atomic E-state index is 11.6. The minimum absolute atomic E-state index is 0.562. The molecule has 2 aliphatic rings. The first-order chi connectivity index (χ1) is 13.4. The minimum atomic E-state index is -3.08. The zero-order chi connectivity index (χ0) is 19.7. The number of aryl methyl sites for hydroxylation is 1. The predicted molar refractivity (Wildman–Crippen MR) is 111 cm³/mol. The Hall–Kier alpha value is -1.91. The lowest BCUT2D eigenvalue weighted by atomic mass is 10.3. The molecule has 2 fully saturated rings. The van der Waals surface area contributed by atoms with Crippen LogP contribution in [0, 0.1) is 6.92 Å². The Morgan fingerprint density at radius 2 is 1.82 bits per heavy atom. The number of rotatable bonds is 6. The molecule has 2 saturated heterocycles. The standard InChI is InChI=1S/C18H29N7O2S/c1-14-13-15-16(21-18(22-17(15)20-14)24-6-3-4-7-24)19-5-8-23-9-11-25(12-10-23)28(2,26)27/h13H,3-12H2,1-2H3,(H2,19,20,21,22). The molecule has 28 heavy (non-hydrogen) atoms. The second kappa shape index (κ2) is 7.84. The van der Waals surface area contributed by atoms with E-state index in [2.05, 4.69) is 26.2 Å². The van der Waals surface area contributed by atoms with Crippen molar-refractivity contribution in [2.24, 2.45) is 0 Å². The van der Waals surface area contributed by atoms with Gasteiger partial charge in [-0.05, 0) is 25.8 Å². The molecule has 10 heteroatoms. The summed E-state index contributed by atoms with van der Waals surface area (Å²) < 4.78 is 24.8. The van der Waals surface area contributed by atoms with Crippen LogP contribution in [0.3, 0.4) is 0 Å². The van der Waals surface area contributed by atoms with E-state index >= 15 is 0 Å². The Kier molecular flexibility index (Phi) is 5.44. The van der Waals surface area contributed by atoms with Crippen LogP contribution in [0.25, 0.3) is 11.0 Å². The van der Waals surface area contributed by atoms with Gasteiger partial charge in [-0.2, -0.15) is 14.3 Å². The first-order valence-electron chi connectivity index (χ1n) is 9.94. The molecule has 4 heterocycles. The summed E-state index contributed by atoms with van der Waals surface area (Å²) >= 11 is 0. The summed E-state index contributed by atoms with van der Waals surface area (Å²) in [6.07, 6.45) is 3.65. The third-order valence-corrected chi connectivity index (χ3v) is 6.82. The second-order valence-corrected chi connectivity index (χ2v) is 9.69. The molecule has 2 aromatic rings. The lowest BCUT2D eigenvalue weighted by Gasteiger charge is -2.33. The summed E-state index contributed by atoms with van der Waals surface area (Å²) in [4.78, 5) is 17.4. The fourth-order valence-corrected chi connectivity index (χ4v) is 4.77. The Balaban J connectivity index is 1.40. The molecular weight excluding hydrogens is 378 g/mol. The van der Waals surface area contributed by atoms with Gasteiger partial charge >= 0.3 is 0 Å². The predicted octanol–water partition coefficient (Wildman–Crippen LogP) is 0.856. The average Bonchev–Trinajstić information content (AvgIpc) is 3.30. The van der Waals surface area contributed by atoms with Crippen molar-refractivity contribution in [3.05, 3.63) is 11.8 Å². The largest absolute Gasteiger partial charge is 0.368 e. The van der Waals surface area contributed by atoms with E-state index in [0.29, 0.717) is 13.1 Å². The first-order valence-corrected chi connectivity index (χ1v) is 11.8. The van der Waals surface area contributed by atoms with E-state index in [1.807, 2.05) is 6.92 Å². The molecule has 0 radical (unpaired) electrons. The number of nitrogens with one attached hydrogen (secondary N) is 2. The number of piperazine rings is 1. The summed E-state index contributed by atoms with van der Waals surface area (Å²) in [5, 5.41) is 4.50. The summed E-state index contributed by atoms with van der Waals surface area (Å²) in [7, 11) is -3.08. The molecule has 0 bridgehead atoms. The Morgan fingerprint density at radius 1 is 1.11 bits per heavy atom. The van der Waals surface area contributed by atoms with Gasteiger partial charge in [-0.25, -0.2) is 8.42 Å². The van der Waals surface area contributed by atoms with Crippen molar-refractivity contribution in [3.8, 4) is 0 Å². The van der Waals surface area contributed by atoms with Crippen molar-refractivity contribution in [1.29, 1.82) is 0 Å². The highest BCUT2D eigenvalue weighted by atomic mass is 32.2. The molecule has 0 atom stereocenters. The van der Waals surface area contributed by atoms with E-state index < -0.39 is 10.0 Å². The molecule has 0 spiro atoms. The van der Waals surface area contributed by atoms with E-state index in [-0.39, 0.29) is 0 Å². The summed E-state index contributed by atoms with van der Waals surface area (Å²) in [5.74, 6) is 1.65. The molecule has 2 aromatic heterocycles. The number of aromatic amines is 1. The van der Waals surface area contributed by atoms with Gasteiger partial charge in [0.05, 0.1) is 11.6 Å². The quantitative estimate of drug-likeness (QED) is 0.733. The molecule has 0 aromatic carbocycles. The number of hydrogen-bond acceptors (Lipinski definition) is 7. The van der Waals surface area contributed by atoms with Crippen molar-refractivity contribution in [3.63, 3.8) is 0 Å². The third-order valence-electron chi connectivity index (χ3n) is 5.52. The zero-order valence-electron chi connectivity index (χ0n) is 16.6. The van der Waals surface area contributed by atoms with Crippen LogP contribution in [0.2, 0.25) is 0 Å². The molecular formula is C18H29N7O2S. The molecule has 0 amide bonds. The van der Waals surface area contributed by atoms with Crippen molar-refractivity contribution < 1.29 is 8.42 Å². The van der Waals surface area contributed by atoms with Crippen molar-refractivity contribution in [2.45, 2.75) is 19.8 Å². The van der Waals surface area contributed by atoms with Gasteiger partial charge in [-0.15, -0.1) is 0 Å². The van der Waals surface area contributed by atoms with Gasteiger partial charge < -0.3 is 15.2 Å². The van der Waals surface area contributed by atoms with Crippen molar-refractivity contribution in [1.82, 2.24) is 24.2 Å². The van der Waals surface area contributed by atoms with E-state index in [4.69, 9.17) is 9.97 Å². The Labute approximate surface area is 166 Å². The fraction of sp³-hybridized carbons (Fsp3) is 0.667. The SMILES string of the molecule is Cc1cc2c(NCCN3CCN(S(C)(=O)=O)CC3)nc(N3CCCC3)nc2[nH]1. The molecule has 2 N–H and O–H groups in total. The van der Waals surface area contributed by atoms with Crippen LogP contribution in [0.1, 0.15) is 18.5 Å². The highest BCUT2D eigenvalue weighted by molar-refractivity contribution is 7.88. The summed E-state index contributed by atoms with van der Waals surface area (Å²) in [6.45, 7) is 8.30. The van der Waals surface area contributed by atoms with Crippen LogP contribution in [0.15, 0.2) is 6.07 Å². The van der Waals surface area contributed by atoms with Crippen LogP contribution < -0.4 is 10.2 Å². The number of fused-ring (bicyclic) bond motifs is 1. The zero-order valence-corrected chi connectivity index (χ0v) is 17.4. The molecule has 154 valence electrons. The van der Waals surface area contributed by atoms with Gasteiger partial charge in [0.15, 0.2) is 0 Å². The van der Waals surface area contributed by atoms with Crippen LogP contribution in [-0.4, -0.2) is 91.2 Å². The van der Waals surface area contributed by atoms with Gasteiger partial charge in [0.2, 0.25) is 16.0 Å². The summed E-state index contributed by atoms with van der Waals surface area (Å²) in [6, 6.07) is 2.08. The average molecular weight is 408 g/mol. The minimum Gasteiger partial charge on any atom is -0.368 e. The van der Waals surface area contributed by atoms with Crippen LogP contribution in [0.5, 0.6) is 0 Å². The van der Waals surface area contributed by atoms with E-state index in [0.717, 1.165) is 67.8 Å². The van der Waals surface area contributed by atoms with Gasteiger partial charge in [-0.1, -0.05) is 0 Å². The third kappa shape index (κ3) is 4.23. The maximum Gasteiger partial charge on any atom is 0.229 e. The maximum absolute atomic E-state index is 11.6. The topological polar surface area (TPSA) is 97.5 Å². The van der Waals surface area contributed by atoms with Crippen LogP contribution in [0.4, 0.5) is 11.8 Å². The number of anilines is 2. The molecule has 2 aliphatic heterocycles. The number of H-pyrrole nitrogens is 1. The Morgan fingerprint density at radius 3 is 2.50 bits per heavy atom. The van der Waals surface area contributed by atoms with Gasteiger partial charge in [0.1, 0.15) is 11.5 Å². The van der Waals surface area contributed by atoms with E-state index in [1.54, 1.807) is 4.31 Å². The van der Waals surface area contributed by atoms with Gasteiger partial charge in [-0.3, -0.25) is 4.90 Å².